The highest BCUT2D eigenvalue weighted by Gasteiger charge is 2.08. The number of halogens is 1. The first-order valence-electron chi connectivity index (χ1n) is 5.03. The molecule has 1 aromatic heterocycles. The van der Waals surface area contributed by atoms with E-state index in [1.165, 1.54) is 0 Å². The number of hydrogen-bond acceptors (Lipinski definition) is 3. The number of aromatic hydroxyl groups is 1. The molecule has 0 spiro atoms. The molecule has 0 atom stereocenters. The Bertz CT molecular complexity index is 629. The van der Waals surface area contributed by atoms with Gasteiger partial charge in [-0.1, -0.05) is 23.8 Å². The van der Waals surface area contributed by atoms with Crippen molar-refractivity contribution in [2.45, 2.75) is 6.42 Å². The Labute approximate surface area is 104 Å². The summed E-state index contributed by atoms with van der Waals surface area (Å²) in [4.78, 5) is 4.10. The van der Waals surface area contributed by atoms with E-state index >= 15 is 0 Å². The van der Waals surface area contributed by atoms with Crippen LogP contribution in [0.2, 0.25) is 5.02 Å². The lowest BCUT2D eigenvalue weighted by atomic mass is 10.1. The molecule has 0 saturated carbocycles. The molecule has 17 heavy (non-hydrogen) atoms. The summed E-state index contributed by atoms with van der Waals surface area (Å²) in [6, 6.07) is 7.22. The van der Waals surface area contributed by atoms with E-state index in [2.05, 4.69) is 4.98 Å². The standard InChI is InChI=1S/C13H9ClN2O/c14-11-8-9(4-1-2-6-15)13(17)12-10(11)5-3-7-16-12/h1,3-5,7-8,17H,2H2. The topological polar surface area (TPSA) is 56.9 Å². The van der Waals surface area contributed by atoms with Crippen LogP contribution in [0.4, 0.5) is 0 Å². The summed E-state index contributed by atoms with van der Waals surface area (Å²) in [7, 11) is 0. The van der Waals surface area contributed by atoms with Gasteiger partial charge >= 0.3 is 0 Å². The summed E-state index contributed by atoms with van der Waals surface area (Å²) in [6.07, 6.45) is 5.22. The van der Waals surface area contributed by atoms with E-state index in [1.54, 1.807) is 36.5 Å². The smallest absolute Gasteiger partial charge is 0.149 e. The van der Waals surface area contributed by atoms with Crippen LogP contribution in [0.5, 0.6) is 5.75 Å². The van der Waals surface area contributed by atoms with Crippen molar-refractivity contribution in [3.05, 3.63) is 41.1 Å². The van der Waals surface area contributed by atoms with E-state index in [1.807, 2.05) is 6.07 Å². The molecule has 4 heteroatoms. The van der Waals surface area contributed by atoms with Gasteiger partial charge in [-0.15, -0.1) is 0 Å². The Morgan fingerprint density at radius 2 is 2.35 bits per heavy atom. The number of phenols is 1. The SMILES string of the molecule is N#CCC=Cc1cc(Cl)c2cccnc2c1O. The number of pyridine rings is 1. The molecule has 0 aliphatic rings. The highest BCUT2D eigenvalue weighted by Crippen LogP contribution is 2.33. The number of nitriles is 1. The summed E-state index contributed by atoms with van der Waals surface area (Å²) in [5, 5.41) is 19.7. The second-order valence-electron chi connectivity index (χ2n) is 3.46. The molecular formula is C13H9ClN2O. The average molecular weight is 245 g/mol. The number of benzene rings is 1. The fourth-order valence-corrected chi connectivity index (χ4v) is 1.84. The van der Waals surface area contributed by atoms with Crippen molar-refractivity contribution in [1.29, 1.82) is 5.26 Å². The summed E-state index contributed by atoms with van der Waals surface area (Å²) in [6.45, 7) is 0. The molecule has 1 aromatic carbocycles. The van der Waals surface area contributed by atoms with Gasteiger partial charge in [0.05, 0.1) is 17.5 Å². The minimum atomic E-state index is 0.0826. The number of aromatic nitrogens is 1. The fourth-order valence-electron chi connectivity index (χ4n) is 1.57. The van der Waals surface area contributed by atoms with Gasteiger partial charge in [0, 0.05) is 17.1 Å². The van der Waals surface area contributed by atoms with Crippen LogP contribution in [-0.4, -0.2) is 10.1 Å². The number of allylic oxidation sites excluding steroid dienone is 1. The molecule has 0 unspecified atom stereocenters. The van der Waals surface area contributed by atoms with Crippen molar-refractivity contribution in [2.24, 2.45) is 0 Å². The highest BCUT2D eigenvalue weighted by molar-refractivity contribution is 6.35. The van der Waals surface area contributed by atoms with Crippen LogP contribution < -0.4 is 0 Å². The van der Waals surface area contributed by atoms with E-state index in [0.717, 1.165) is 0 Å². The van der Waals surface area contributed by atoms with Gasteiger partial charge in [0.1, 0.15) is 11.3 Å². The average Bonchev–Trinajstić information content (AvgIpc) is 2.36. The molecule has 3 nitrogen and oxygen atoms in total. The van der Waals surface area contributed by atoms with Gasteiger partial charge in [-0.3, -0.25) is 4.98 Å². The first-order valence-corrected chi connectivity index (χ1v) is 5.41. The van der Waals surface area contributed by atoms with Gasteiger partial charge in [0.25, 0.3) is 0 Å². The summed E-state index contributed by atoms with van der Waals surface area (Å²) < 4.78 is 0. The molecule has 0 bridgehead atoms. The molecule has 2 aromatic rings. The summed E-state index contributed by atoms with van der Waals surface area (Å²) in [5.41, 5.74) is 1.04. The molecule has 0 saturated heterocycles. The molecule has 0 fully saturated rings. The van der Waals surface area contributed by atoms with E-state index in [4.69, 9.17) is 16.9 Å². The Morgan fingerprint density at radius 3 is 3.12 bits per heavy atom. The maximum atomic E-state index is 10.0. The minimum Gasteiger partial charge on any atom is -0.505 e. The monoisotopic (exact) mass is 244 g/mol. The van der Waals surface area contributed by atoms with E-state index in [0.29, 0.717) is 21.5 Å². The maximum Gasteiger partial charge on any atom is 0.149 e. The van der Waals surface area contributed by atoms with E-state index in [9.17, 15) is 5.11 Å². The van der Waals surface area contributed by atoms with Crippen LogP contribution in [0, 0.1) is 11.3 Å². The van der Waals surface area contributed by atoms with Crippen molar-refractivity contribution >= 4 is 28.6 Å². The Balaban J connectivity index is 2.60. The lowest BCUT2D eigenvalue weighted by Gasteiger charge is -2.05. The van der Waals surface area contributed by atoms with Crippen molar-refractivity contribution < 1.29 is 5.11 Å². The zero-order valence-electron chi connectivity index (χ0n) is 8.89. The van der Waals surface area contributed by atoms with Crippen molar-refractivity contribution in [2.75, 3.05) is 0 Å². The van der Waals surface area contributed by atoms with Crippen LogP contribution >= 0.6 is 11.6 Å². The third kappa shape index (κ3) is 2.22. The molecule has 0 aliphatic heterocycles. The predicted octanol–water partition coefficient (Wildman–Crippen LogP) is 3.52. The van der Waals surface area contributed by atoms with Gasteiger partial charge in [-0.25, -0.2) is 0 Å². The Morgan fingerprint density at radius 1 is 1.53 bits per heavy atom. The highest BCUT2D eigenvalue weighted by atomic mass is 35.5. The fraction of sp³-hybridized carbons (Fsp3) is 0.0769. The van der Waals surface area contributed by atoms with Gasteiger partial charge in [-0.05, 0) is 18.2 Å². The number of hydrogen-bond donors (Lipinski definition) is 1. The number of nitrogens with zero attached hydrogens (tertiary/aromatic N) is 2. The van der Waals surface area contributed by atoms with Crippen molar-refractivity contribution in [3.8, 4) is 11.8 Å². The van der Waals surface area contributed by atoms with Gasteiger partial charge in [0.2, 0.25) is 0 Å². The van der Waals surface area contributed by atoms with Crippen LogP contribution in [-0.2, 0) is 0 Å². The molecule has 84 valence electrons. The Hall–Kier alpha value is -2.05. The maximum absolute atomic E-state index is 10.0. The van der Waals surface area contributed by atoms with E-state index in [-0.39, 0.29) is 12.2 Å². The minimum absolute atomic E-state index is 0.0826. The van der Waals surface area contributed by atoms with Gasteiger partial charge < -0.3 is 5.11 Å². The summed E-state index contributed by atoms with van der Waals surface area (Å²) >= 11 is 6.10. The first kappa shape index (κ1) is 11.4. The molecule has 2 rings (SSSR count). The van der Waals surface area contributed by atoms with E-state index < -0.39 is 0 Å². The van der Waals surface area contributed by atoms with Crippen molar-refractivity contribution in [3.63, 3.8) is 0 Å². The molecular weight excluding hydrogens is 236 g/mol. The molecule has 0 amide bonds. The number of phenolic OH excluding ortho intramolecular Hbond substituents is 1. The van der Waals surface area contributed by atoms with Crippen LogP contribution in [0.3, 0.4) is 0 Å². The lowest BCUT2D eigenvalue weighted by molar-refractivity contribution is 0.479. The molecule has 1 heterocycles. The zero-order valence-corrected chi connectivity index (χ0v) is 9.65. The van der Waals surface area contributed by atoms with Gasteiger partial charge in [0.15, 0.2) is 0 Å². The molecule has 1 N–H and O–H groups in total. The zero-order chi connectivity index (χ0) is 12.3. The molecule has 0 aliphatic carbocycles. The third-order valence-electron chi connectivity index (χ3n) is 2.35. The third-order valence-corrected chi connectivity index (χ3v) is 2.66. The number of rotatable bonds is 2. The number of fused-ring (bicyclic) bond motifs is 1. The second-order valence-corrected chi connectivity index (χ2v) is 3.87. The normalized spacial score (nSPS) is 10.8. The lowest BCUT2D eigenvalue weighted by Crippen LogP contribution is -1.84. The van der Waals surface area contributed by atoms with Crippen LogP contribution in [0.25, 0.3) is 17.0 Å². The predicted molar refractivity (Wildman–Crippen MR) is 67.7 cm³/mol. The first-order chi connectivity index (χ1) is 8.24. The van der Waals surface area contributed by atoms with Crippen LogP contribution in [0.15, 0.2) is 30.5 Å². The quantitative estimate of drug-likeness (QED) is 0.879. The van der Waals surface area contributed by atoms with Crippen LogP contribution in [0.1, 0.15) is 12.0 Å². The summed E-state index contributed by atoms with van der Waals surface area (Å²) in [5.74, 6) is 0.0826. The Kier molecular flexibility index (Phi) is 3.27. The second kappa shape index (κ2) is 4.86. The van der Waals surface area contributed by atoms with Gasteiger partial charge in [-0.2, -0.15) is 5.26 Å². The largest absolute Gasteiger partial charge is 0.505 e. The van der Waals surface area contributed by atoms with Crippen molar-refractivity contribution in [1.82, 2.24) is 4.98 Å². The molecule has 0 radical (unpaired) electrons.